The van der Waals surface area contributed by atoms with E-state index in [1.807, 2.05) is 0 Å². The van der Waals surface area contributed by atoms with Gasteiger partial charge in [0.2, 0.25) is 5.96 Å². The zero-order valence-electron chi connectivity index (χ0n) is 8.53. The minimum Gasteiger partial charge on any atom is -0.368 e. The molecule has 0 aromatic heterocycles. The third-order valence-corrected chi connectivity index (χ3v) is 1.79. The third-order valence-electron chi connectivity index (χ3n) is 1.79. The van der Waals surface area contributed by atoms with Gasteiger partial charge in [0.1, 0.15) is 19.0 Å². The van der Waals surface area contributed by atoms with Crippen LogP contribution in [-0.2, 0) is 4.74 Å². The molecule has 1 rings (SSSR count). The largest absolute Gasteiger partial charge is 0.396 e. The molecule has 1 heterocycles. The summed E-state index contributed by atoms with van der Waals surface area (Å²) in [5.74, 6) is -0.562. The number of nitrogens with zero attached hydrogens (tertiary/aromatic N) is 3. The molecule has 0 aromatic rings. The molecule has 6 nitrogen and oxygen atoms in total. The molecule has 0 saturated carbocycles. The van der Waals surface area contributed by atoms with Crippen LogP contribution in [0.4, 0.5) is 13.2 Å². The molecule has 1 atom stereocenters. The lowest BCUT2D eigenvalue weighted by Gasteiger charge is -2.31. The van der Waals surface area contributed by atoms with Crippen molar-refractivity contribution in [3.63, 3.8) is 0 Å². The number of guanidine groups is 1. The van der Waals surface area contributed by atoms with E-state index in [0.29, 0.717) is 0 Å². The number of amidine groups is 1. The SMILES string of the molecule is COCN1C(CC(F)(F)F)=NC(N)=NC1N. The van der Waals surface area contributed by atoms with E-state index in [-0.39, 0.29) is 18.5 Å². The summed E-state index contributed by atoms with van der Waals surface area (Å²) in [5, 5.41) is 0. The van der Waals surface area contributed by atoms with Gasteiger partial charge in [0.25, 0.3) is 0 Å². The van der Waals surface area contributed by atoms with Crippen molar-refractivity contribution in [2.24, 2.45) is 21.5 Å². The zero-order chi connectivity index (χ0) is 12.3. The minimum atomic E-state index is -4.39. The van der Waals surface area contributed by atoms with E-state index in [0.717, 1.165) is 4.90 Å². The second-order valence-electron chi connectivity index (χ2n) is 3.11. The normalized spacial score (nSPS) is 21.8. The summed E-state index contributed by atoms with van der Waals surface area (Å²) in [6.45, 7) is -0.132. The van der Waals surface area contributed by atoms with E-state index in [2.05, 4.69) is 9.98 Å². The second kappa shape index (κ2) is 4.66. The van der Waals surface area contributed by atoms with Crippen LogP contribution in [0.15, 0.2) is 9.98 Å². The topological polar surface area (TPSA) is 89.2 Å². The predicted octanol–water partition coefficient (Wildman–Crippen LogP) is -0.186. The highest BCUT2D eigenvalue weighted by atomic mass is 19.4. The van der Waals surface area contributed by atoms with Gasteiger partial charge < -0.3 is 15.4 Å². The van der Waals surface area contributed by atoms with Gasteiger partial charge in [0.05, 0.1) is 0 Å². The predicted molar refractivity (Wildman–Crippen MR) is 51.4 cm³/mol. The van der Waals surface area contributed by atoms with E-state index in [1.54, 1.807) is 0 Å². The first kappa shape index (κ1) is 12.7. The van der Waals surface area contributed by atoms with Crippen LogP contribution in [0.2, 0.25) is 0 Å². The number of hydrogen-bond donors (Lipinski definition) is 2. The Hall–Kier alpha value is -1.35. The Kier molecular flexibility index (Phi) is 3.70. The van der Waals surface area contributed by atoms with Crippen LogP contribution in [0.1, 0.15) is 6.42 Å². The molecular formula is C7H12F3N5O. The first-order chi connectivity index (χ1) is 7.33. The van der Waals surface area contributed by atoms with Crippen molar-refractivity contribution in [3.8, 4) is 0 Å². The smallest absolute Gasteiger partial charge is 0.368 e. The van der Waals surface area contributed by atoms with Crippen LogP contribution >= 0.6 is 0 Å². The molecule has 0 saturated heterocycles. The Labute approximate surface area is 89.8 Å². The number of halogens is 3. The Balaban J connectivity index is 2.86. The summed E-state index contributed by atoms with van der Waals surface area (Å²) in [6, 6.07) is 0. The van der Waals surface area contributed by atoms with Gasteiger partial charge in [-0.1, -0.05) is 0 Å². The molecule has 1 aliphatic rings. The maximum absolute atomic E-state index is 12.2. The molecule has 0 amide bonds. The van der Waals surface area contributed by atoms with Gasteiger partial charge in [0.15, 0.2) is 6.29 Å². The molecule has 0 bridgehead atoms. The van der Waals surface area contributed by atoms with Gasteiger partial charge >= 0.3 is 6.18 Å². The molecule has 0 spiro atoms. The number of methoxy groups -OCH3 is 1. The van der Waals surface area contributed by atoms with E-state index in [4.69, 9.17) is 16.2 Å². The van der Waals surface area contributed by atoms with Crippen molar-refractivity contribution in [3.05, 3.63) is 0 Å². The van der Waals surface area contributed by atoms with Gasteiger partial charge in [-0.2, -0.15) is 13.2 Å². The van der Waals surface area contributed by atoms with Crippen LogP contribution in [0.3, 0.4) is 0 Å². The van der Waals surface area contributed by atoms with Gasteiger partial charge in [-0.25, -0.2) is 9.98 Å². The van der Waals surface area contributed by atoms with E-state index in [9.17, 15) is 13.2 Å². The van der Waals surface area contributed by atoms with Gasteiger partial charge in [0, 0.05) is 7.11 Å². The van der Waals surface area contributed by atoms with Crippen molar-refractivity contribution in [1.29, 1.82) is 0 Å². The highest BCUT2D eigenvalue weighted by Crippen LogP contribution is 2.22. The van der Waals surface area contributed by atoms with Gasteiger partial charge in [-0.05, 0) is 0 Å². The fraction of sp³-hybridized carbons (Fsp3) is 0.714. The molecule has 0 fully saturated rings. The summed E-state index contributed by atoms with van der Waals surface area (Å²) < 4.78 is 41.4. The van der Waals surface area contributed by atoms with Crippen LogP contribution in [-0.4, -0.2) is 43.0 Å². The lowest BCUT2D eigenvalue weighted by Crippen LogP contribution is -2.50. The quantitative estimate of drug-likeness (QED) is 0.714. The molecule has 9 heteroatoms. The second-order valence-corrected chi connectivity index (χ2v) is 3.11. The Morgan fingerprint density at radius 2 is 2.12 bits per heavy atom. The minimum absolute atomic E-state index is 0.132. The Morgan fingerprint density at radius 3 is 2.62 bits per heavy atom. The molecule has 0 aromatic carbocycles. The summed E-state index contributed by atoms with van der Waals surface area (Å²) in [5.41, 5.74) is 10.7. The lowest BCUT2D eigenvalue weighted by atomic mass is 10.3. The average molecular weight is 239 g/mol. The van der Waals surface area contributed by atoms with Crippen LogP contribution in [0.5, 0.6) is 0 Å². The zero-order valence-corrected chi connectivity index (χ0v) is 8.53. The summed E-state index contributed by atoms with van der Waals surface area (Å²) in [6.07, 6.45) is -6.61. The number of hydrogen-bond acceptors (Lipinski definition) is 6. The molecular weight excluding hydrogens is 227 g/mol. The summed E-state index contributed by atoms with van der Waals surface area (Å²) >= 11 is 0. The third kappa shape index (κ3) is 3.35. The molecule has 92 valence electrons. The first-order valence-electron chi connectivity index (χ1n) is 4.32. The van der Waals surface area contributed by atoms with Crippen molar-refractivity contribution < 1.29 is 17.9 Å². The standard InChI is InChI=1S/C7H12F3N5O/c1-16-3-15-4(2-7(8,9)10)13-5(11)14-6(15)12/h6H,2-3,12H2,1H3,(H2,11,14). The van der Waals surface area contributed by atoms with Crippen molar-refractivity contribution in [2.75, 3.05) is 13.8 Å². The van der Waals surface area contributed by atoms with Crippen LogP contribution in [0, 0.1) is 0 Å². The number of rotatable bonds is 3. The summed E-state index contributed by atoms with van der Waals surface area (Å²) in [7, 11) is 1.33. The van der Waals surface area contributed by atoms with Gasteiger partial charge in [-0.3, -0.25) is 5.73 Å². The molecule has 0 aliphatic carbocycles. The maximum atomic E-state index is 12.2. The van der Waals surface area contributed by atoms with Crippen molar-refractivity contribution in [2.45, 2.75) is 18.9 Å². The fourth-order valence-electron chi connectivity index (χ4n) is 1.19. The monoisotopic (exact) mass is 239 g/mol. The molecule has 0 radical (unpaired) electrons. The number of aliphatic imine (C=N–C) groups is 2. The fourth-order valence-corrected chi connectivity index (χ4v) is 1.19. The number of ether oxygens (including phenoxy) is 1. The number of alkyl halides is 3. The molecule has 4 N–H and O–H groups in total. The van der Waals surface area contributed by atoms with Crippen molar-refractivity contribution in [1.82, 2.24) is 4.90 Å². The molecule has 1 aliphatic heterocycles. The van der Waals surface area contributed by atoms with Crippen LogP contribution < -0.4 is 11.5 Å². The highest BCUT2D eigenvalue weighted by molar-refractivity contribution is 5.97. The van der Waals surface area contributed by atoms with Gasteiger partial charge in [-0.15, -0.1) is 0 Å². The highest BCUT2D eigenvalue weighted by Gasteiger charge is 2.35. The Bertz CT molecular complexity index is 314. The summed E-state index contributed by atoms with van der Waals surface area (Å²) in [4.78, 5) is 8.22. The molecule has 16 heavy (non-hydrogen) atoms. The maximum Gasteiger partial charge on any atom is 0.396 e. The van der Waals surface area contributed by atoms with Crippen LogP contribution in [0.25, 0.3) is 0 Å². The van der Waals surface area contributed by atoms with Crippen molar-refractivity contribution >= 4 is 11.8 Å². The Morgan fingerprint density at radius 1 is 1.50 bits per heavy atom. The average Bonchev–Trinajstić information content (AvgIpc) is 2.08. The first-order valence-corrected chi connectivity index (χ1v) is 4.32. The van der Waals surface area contributed by atoms with E-state index >= 15 is 0 Å². The lowest BCUT2D eigenvalue weighted by molar-refractivity contribution is -0.123. The molecule has 1 unspecified atom stereocenters. The van der Waals surface area contributed by atoms with E-state index in [1.165, 1.54) is 7.11 Å². The van der Waals surface area contributed by atoms with E-state index < -0.39 is 18.9 Å². The number of nitrogens with two attached hydrogens (primary N) is 2.